The molecule has 0 unspecified atom stereocenters. The van der Waals surface area contributed by atoms with E-state index in [2.05, 4.69) is 76.2 Å². The quantitative estimate of drug-likeness (QED) is 0.402. The van der Waals surface area contributed by atoms with E-state index in [1.165, 1.54) is 55.5 Å². The summed E-state index contributed by atoms with van der Waals surface area (Å²) in [6.45, 7) is 12.1. The lowest BCUT2D eigenvalue weighted by Gasteiger charge is -2.36. The van der Waals surface area contributed by atoms with Crippen LogP contribution in [0.25, 0.3) is 10.9 Å². The summed E-state index contributed by atoms with van der Waals surface area (Å²) in [6.07, 6.45) is 6.33. The Morgan fingerprint density at radius 3 is 2.34 bits per heavy atom. The summed E-state index contributed by atoms with van der Waals surface area (Å²) in [4.78, 5) is 12.4. The van der Waals surface area contributed by atoms with Crippen molar-refractivity contribution >= 4 is 16.6 Å². The Bertz CT molecular complexity index is 1070. The highest BCUT2D eigenvalue weighted by molar-refractivity contribution is 5.92. The SMILES string of the molecule is Cc1cc(N2CCN(CCc3ccc(OCCCN4CCCCC4)cc3)CC2)c2ccccc2n1. The summed E-state index contributed by atoms with van der Waals surface area (Å²) in [5, 5.41) is 1.26. The number of hydrogen-bond acceptors (Lipinski definition) is 5. The zero-order valence-electron chi connectivity index (χ0n) is 21.3. The van der Waals surface area contributed by atoms with Gasteiger partial charge in [0, 0.05) is 56.0 Å². The topological polar surface area (TPSA) is 31.8 Å². The molecule has 2 aliphatic heterocycles. The molecule has 1 aromatic heterocycles. The largest absolute Gasteiger partial charge is 0.494 e. The highest BCUT2D eigenvalue weighted by atomic mass is 16.5. The number of para-hydroxylation sites is 1. The minimum atomic E-state index is 0.812. The van der Waals surface area contributed by atoms with Crippen molar-refractivity contribution in [2.45, 2.75) is 39.0 Å². The van der Waals surface area contributed by atoms with Crippen molar-refractivity contribution in [1.82, 2.24) is 14.8 Å². The van der Waals surface area contributed by atoms with Crippen LogP contribution in [-0.2, 0) is 6.42 Å². The molecule has 0 aliphatic carbocycles. The molecule has 35 heavy (non-hydrogen) atoms. The van der Waals surface area contributed by atoms with Gasteiger partial charge in [-0.1, -0.05) is 36.8 Å². The van der Waals surface area contributed by atoms with Gasteiger partial charge in [-0.25, -0.2) is 0 Å². The number of hydrogen-bond donors (Lipinski definition) is 0. The van der Waals surface area contributed by atoms with Gasteiger partial charge in [0.2, 0.25) is 0 Å². The monoisotopic (exact) mass is 472 g/mol. The fraction of sp³-hybridized carbons (Fsp3) is 0.500. The van der Waals surface area contributed by atoms with Gasteiger partial charge in [0.15, 0.2) is 0 Å². The Morgan fingerprint density at radius 1 is 0.800 bits per heavy atom. The first-order chi connectivity index (χ1) is 17.2. The summed E-state index contributed by atoms with van der Waals surface area (Å²) >= 11 is 0. The molecule has 186 valence electrons. The second kappa shape index (κ2) is 11.9. The zero-order valence-corrected chi connectivity index (χ0v) is 21.3. The summed E-state index contributed by atoms with van der Waals surface area (Å²) in [5.74, 6) is 1.00. The Balaban J connectivity index is 1.04. The molecule has 0 saturated carbocycles. The molecule has 3 heterocycles. The van der Waals surface area contributed by atoms with E-state index in [0.29, 0.717) is 0 Å². The van der Waals surface area contributed by atoms with Crippen LogP contribution in [0.4, 0.5) is 5.69 Å². The van der Waals surface area contributed by atoms with Gasteiger partial charge in [0.05, 0.1) is 12.1 Å². The Morgan fingerprint density at radius 2 is 1.54 bits per heavy atom. The molecule has 0 radical (unpaired) electrons. The third-order valence-electron chi connectivity index (χ3n) is 7.51. The van der Waals surface area contributed by atoms with E-state index in [-0.39, 0.29) is 0 Å². The van der Waals surface area contributed by atoms with Gasteiger partial charge in [-0.3, -0.25) is 9.88 Å². The number of pyridine rings is 1. The van der Waals surface area contributed by atoms with Crippen LogP contribution in [0.1, 0.15) is 36.9 Å². The Labute approximate surface area is 210 Å². The molecule has 2 aromatic carbocycles. The highest BCUT2D eigenvalue weighted by Gasteiger charge is 2.19. The number of ether oxygens (including phenoxy) is 1. The molecule has 0 spiro atoms. The van der Waals surface area contributed by atoms with Crippen LogP contribution in [0, 0.1) is 6.92 Å². The van der Waals surface area contributed by atoms with Gasteiger partial charge in [-0.05, 0) is 75.5 Å². The van der Waals surface area contributed by atoms with Crippen LogP contribution in [0.15, 0.2) is 54.6 Å². The molecular formula is C30H40N4O. The van der Waals surface area contributed by atoms with E-state index in [4.69, 9.17) is 9.72 Å². The minimum Gasteiger partial charge on any atom is -0.494 e. The van der Waals surface area contributed by atoms with Crippen molar-refractivity contribution in [3.8, 4) is 5.75 Å². The lowest BCUT2D eigenvalue weighted by molar-refractivity contribution is 0.205. The molecule has 0 atom stereocenters. The molecule has 0 bridgehead atoms. The molecule has 5 nitrogen and oxygen atoms in total. The van der Waals surface area contributed by atoms with Gasteiger partial charge in [-0.15, -0.1) is 0 Å². The first-order valence-electron chi connectivity index (χ1n) is 13.5. The number of likely N-dealkylation sites (tertiary alicyclic amines) is 1. The lowest BCUT2D eigenvalue weighted by atomic mass is 10.1. The number of aryl methyl sites for hydroxylation is 1. The number of anilines is 1. The third kappa shape index (κ3) is 6.53. The first-order valence-corrected chi connectivity index (χ1v) is 13.5. The number of nitrogens with zero attached hydrogens (tertiary/aromatic N) is 4. The zero-order chi connectivity index (χ0) is 23.9. The van der Waals surface area contributed by atoms with Gasteiger partial charge < -0.3 is 14.5 Å². The predicted molar refractivity (Wildman–Crippen MR) is 146 cm³/mol. The van der Waals surface area contributed by atoms with E-state index < -0.39 is 0 Å². The maximum Gasteiger partial charge on any atom is 0.119 e. The number of rotatable bonds is 9. The second-order valence-electron chi connectivity index (χ2n) is 10.1. The molecule has 2 saturated heterocycles. The van der Waals surface area contributed by atoms with E-state index in [0.717, 1.165) is 69.1 Å². The average Bonchev–Trinajstić information content (AvgIpc) is 2.91. The lowest BCUT2D eigenvalue weighted by Crippen LogP contribution is -2.47. The van der Waals surface area contributed by atoms with Gasteiger partial charge in [-0.2, -0.15) is 0 Å². The summed E-state index contributed by atoms with van der Waals surface area (Å²) in [7, 11) is 0. The van der Waals surface area contributed by atoms with Crippen LogP contribution in [-0.4, -0.2) is 73.7 Å². The van der Waals surface area contributed by atoms with Gasteiger partial charge in [0.1, 0.15) is 5.75 Å². The van der Waals surface area contributed by atoms with Crippen molar-refractivity contribution in [3.05, 3.63) is 65.9 Å². The molecule has 0 amide bonds. The Hall–Kier alpha value is -2.63. The standard InChI is InChI=1S/C30H40N4O/c1-25-24-30(28-8-3-4-9-29(28)31-25)34-21-19-33(20-22-34)18-14-26-10-12-27(13-11-26)35-23-7-17-32-15-5-2-6-16-32/h3-4,8-13,24H,2,5-7,14-23H2,1H3. The molecule has 3 aromatic rings. The highest BCUT2D eigenvalue weighted by Crippen LogP contribution is 2.27. The van der Waals surface area contributed by atoms with Crippen LogP contribution >= 0.6 is 0 Å². The molecule has 2 aliphatic rings. The summed E-state index contributed by atoms with van der Waals surface area (Å²) < 4.78 is 5.99. The molecular weight excluding hydrogens is 432 g/mol. The molecule has 5 heteroatoms. The Kier molecular flexibility index (Phi) is 8.17. The fourth-order valence-electron chi connectivity index (χ4n) is 5.46. The van der Waals surface area contributed by atoms with E-state index in [1.54, 1.807) is 0 Å². The molecule has 5 rings (SSSR count). The second-order valence-corrected chi connectivity index (χ2v) is 10.1. The van der Waals surface area contributed by atoms with E-state index in [1.807, 2.05) is 0 Å². The average molecular weight is 473 g/mol. The van der Waals surface area contributed by atoms with Gasteiger partial charge in [0.25, 0.3) is 0 Å². The predicted octanol–water partition coefficient (Wildman–Crippen LogP) is 5.16. The van der Waals surface area contributed by atoms with Crippen molar-refractivity contribution in [2.75, 3.05) is 63.9 Å². The van der Waals surface area contributed by atoms with Crippen molar-refractivity contribution in [3.63, 3.8) is 0 Å². The van der Waals surface area contributed by atoms with E-state index in [9.17, 15) is 0 Å². The maximum atomic E-state index is 5.99. The molecule has 2 fully saturated rings. The summed E-state index contributed by atoms with van der Waals surface area (Å²) in [6, 6.07) is 19.5. The van der Waals surface area contributed by atoms with Gasteiger partial charge >= 0.3 is 0 Å². The van der Waals surface area contributed by atoms with Crippen LogP contribution in [0.3, 0.4) is 0 Å². The number of aromatic nitrogens is 1. The minimum absolute atomic E-state index is 0.812. The van der Waals surface area contributed by atoms with Crippen molar-refractivity contribution in [1.29, 1.82) is 0 Å². The molecule has 0 N–H and O–H groups in total. The fourth-order valence-corrected chi connectivity index (χ4v) is 5.46. The van der Waals surface area contributed by atoms with Crippen LogP contribution < -0.4 is 9.64 Å². The number of benzene rings is 2. The van der Waals surface area contributed by atoms with Crippen LogP contribution in [0.2, 0.25) is 0 Å². The van der Waals surface area contributed by atoms with Crippen molar-refractivity contribution in [2.24, 2.45) is 0 Å². The first kappa shape index (κ1) is 24.1. The van der Waals surface area contributed by atoms with Crippen molar-refractivity contribution < 1.29 is 4.74 Å². The number of piperazine rings is 1. The van der Waals surface area contributed by atoms with E-state index >= 15 is 0 Å². The number of fused-ring (bicyclic) bond motifs is 1. The normalized spacial score (nSPS) is 17.7. The number of piperidine rings is 1. The summed E-state index contributed by atoms with van der Waals surface area (Å²) in [5.41, 5.74) is 4.91. The third-order valence-corrected chi connectivity index (χ3v) is 7.51. The maximum absolute atomic E-state index is 5.99. The van der Waals surface area contributed by atoms with Crippen LogP contribution in [0.5, 0.6) is 5.75 Å². The smallest absolute Gasteiger partial charge is 0.119 e.